The molecular weight excluding hydrogens is 487 g/mol. The lowest BCUT2D eigenvalue weighted by Gasteiger charge is -2.27. The van der Waals surface area contributed by atoms with Crippen molar-refractivity contribution < 1.29 is 33.4 Å². The number of carbonyl (C=O) groups excluding carboxylic acids is 4. The van der Waals surface area contributed by atoms with E-state index in [0.29, 0.717) is 0 Å². The van der Waals surface area contributed by atoms with Gasteiger partial charge in [0.25, 0.3) is 5.91 Å². The minimum atomic E-state index is -0.951. The van der Waals surface area contributed by atoms with Crippen LogP contribution in [0.2, 0.25) is 10.0 Å². The number of para-hydroxylation sites is 1. The Morgan fingerprint density at radius 1 is 1.00 bits per heavy atom. The number of nitrogens with one attached hydrogen (secondary N) is 1. The van der Waals surface area contributed by atoms with E-state index in [1.54, 1.807) is 26.8 Å². The maximum atomic E-state index is 13.1. The summed E-state index contributed by atoms with van der Waals surface area (Å²) in [7, 11) is 2.54. The molecular formula is C23H24Cl2N2O7. The normalized spacial score (nSPS) is 10.8. The van der Waals surface area contributed by atoms with E-state index in [0.717, 1.165) is 5.01 Å². The topological polar surface area (TPSA) is 111 Å². The Kier molecular flexibility index (Phi) is 8.89. The second-order valence-corrected chi connectivity index (χ2v) is 8.73. The summed E-state index contributed by atoms with van der Waals surface area (Å²) in [4.78, 5) is 50.2. The third-order valence-electron chi connectivity index (χ3n) is 4.25. The highest BCUT2D eigenvalue weighted by Crippen LogP contribution is 2.33. The Balaban J connectivity index is 2.35. The highest BCUT2D eigenvalue weighted by Gasteiger charge is 2.28. The standard InChI is InChI=1S/C23H24Cl2N2O7/c1-23(2,3)34-22(31)26-27(20-15(24)7-6-8-16(20)25)19(29)12-17(28)13-9-10-14(21(30)33-5)18(11-13)32-4/h6-11H,12H2,1-5H3,(H,26,31). The van der Waals surface area contributed by atoms with Gasteiger partial charge in [-0.1, -0.05) is 35.3 Å². The number of hydrogen-bond acceptors (Lipinski definition) is 7. The smallest absolute Gasteiger partial charge is 0.427 e. The van der Waals surface area contributed by atoms with Crippen LogP contribution in [0.3, 0.4) is 0 Å². The van der Waals surface area contributed by atoms with Crippen molar-refractivity contribution in [3.05, 3.63) is 57.6 Å². The number of anilines is 1. The largest absolute Gasteiger partial charge is 0.496 e. The van der Waals surface area contributed by atoms with Gasteiger partial charge < -0.3 is 14.2 Å². The van der Waals surface area contributed by atoms with Gasteiger partial charge in [0.05, 0.1) is 30.7 Å². The molecule has 0 radical (unpaired) electrons. The molecule has 0 saturated carbocycles. The number of hydrogen-bond donors (Lipinski definition) is 1. The number of Topliss-reactive ketones (excluding diaryl/α,β-unsaturated/α-hetero) is 1. The number of carbonyl (C=O) groups is 4. The number of esters is 1. The van der Waals surface area contributed by atoms with E-state index < -0.39 is 35.8 Å². The first-order valence-corrected chi connectivity index (χ1v) is 10.7. The van der Waals surface area contributed by atoms with Crippen LogP contribution in [-0.4, -0.2) is 43.6 Å². The summed E-state index contributed by atoms with van der Waals surface area (Å²) in [6.45, 7) is 4.95. The molecule has 0 saturated heterocycles. The van der Waals surface area contributed by atoms with E-state index in [4.69, 9.17) is 32.7 Å². The maximum absolute atomic E-state index is 13.1. The van der Waals surface area contributed by atoms with Crippen molar-refractivity contribution in [2.75, 3.05) is 19.2 Å². The zero-order valence-corrected chi connectivity index (χ0v) is 20.7. The first-order chi connectivity index (χ1) is 15.9. The van der Waals surface area contributed by atoms with Gasteiger partial charge in [-0.05, 0) is 45.0 Å². The number of halogens is 2. The molecule has 2 amide bonds. The second kappa shape index (κ2) is 11.2. The van der Waals surface area contributed by atoms with Gasteiger partial charge in [0, 0.05) is 5.56 Å². The van der Waals surface area contributed by atoms with Gasteiger partial charge in [0.1, 0.15) is 22.6 Å². The lowest BCUT2D eigenvalue weighted by molar-refractivity contribution is -0.118. The summed E-state index contributed by atoms with van der Waals surface area (Å²) < 4.78 is 15.0. The Bertz CT molecular complexity index is 1090. The van der Waals surface area contributed by atoms with Crippen LogP contribution in [0.4, 0.5) is 10.5 Å². The first kappa shape index (κ1) is 26.9. The summed E-state index contributed by atoms with van der Waals surface area (Å²) >= 11 is 12.4. The van der Waals surface area contributed by atoms with Crippen molar-refractivity contribution >= 4 is 52.6 Å². The average molecular weight is 511 g/mol. The fraction of sp³-hybridized carbons (Fsp3) is 0.304. The lowest BCUT2D eigenvalue weighted by atomic mass is 10.0. The minimum Gasteiger partial charge on any atom is -0.496 e. The summed E-state index contributed by atoms with van der Waals surface area (Å²) in [5, 5.41) is 0.901. The molecule has 2 aromatic rings. The molecule has 9 nitrogen and oxygen atoms in total. The summed E-state index contributed by atoms with van der Waals surface area (Å²) in [6.07, 6.45) is -1.62. The summed E-state index contributed by atoms with van der Waals surface area (Å²) in [6, 6.07) is 8.53. The van der Waals surface area contributed by atoms with Crippen molar-refractivity contribution in [3.8, 4) is 5.75 Å². The van der Waals surface area contributed by atoms with Gasteiger partial charge in [-0.2, -0.15) is 0 Å². The molecule has 0 unspecified atom stereocenters. The van der Waals surface area contributed by atoms with Crippen LogP contribution in [-0.2, 0) is 14.3 Å². The Morgan fingerprint density at radius 2 is 1.62 bits per heavy atom. The van der Waals surface area contributed by atoms with Gasteiger partial charge >= 0.3 is 12.1 Å². The van der Waals surface area contributed by atoms with Crippen LogP contribution >= 0.6 is 23.2 Å². The maximum Gasteiger partial charge on any atom is 0.427 e. The Labute approximate surface area is 206 Å². The zero-order chi connectivity index (χ0) is 25.6. The van der Waals surface area contributed by atoms with Gasteiger partial charge in [0.2, 0.25) is 0 Å². The van der Waals surface area contributed by atoms with Crippen LogP contribution in [0.15, 0.2) is 36.4 Å². The number of ether oxygens (including phenoxy) is 3. The number of ketones is 1. The van der Waals surface area contributed by atoms with E-state index in [-0.39, 0.29) is 32.6 Å². The average Bonchev–Trinajstić information content (AvgIpc) is 2.75. The summed E-state index contributed by atoms with van der Waals surface area (Å²) in [5.74, 6) is -1.99. The minimum absolute atomic E-state index is 0.0203. The number of hydrazine groups is 1. The van der Waals surface area contributed by atoms with Crippen molar-refractivity contribution in [3.63, 3.8) is 0 Å². The quantitative estimate of drug-likeness (QED) is 0.256. The molecule has 0 aliphatic rings. The molecule has 2 aromatic carbocycles. The zero-order valence-electron chi connectivity index (χ0n) is 19.2. The van der Waals surface area contributed by atoms with Gasteiger partial charge in [-0.15, -0.1) is 0 Å². The highest BCUT2D eigenvalue weighted by molar-refractivity contribution is 6.40. The van der Waals surface area contributed by atoms with Crippen LogP contribution in [0.5, 0.6) is 5.75 Å². The van der Waals surface area contributed by atoms with Crippen molar-refractivity contribution in [2.45, 2.75) is 32.8 Å². The SMILES string of the molecule is COC(=O)c1ccc(C(=O)CC(=O)N(NC(=O)OC(C)(C)C)c2c(Cl)cccc2Cl)cc1OC. The molecule has 182 valence electrons. The third-order valence-corrected chi connectivity index (χ3v) is 4.86. The number of methoxy groups -OCH3 is 2. The summed E-state index contributed by atoms with van der Waals surface area (Å²) in [5.41, 5.74) is 1.64. The monoisotopic (exact) mass is 510 g/mol. The molecule has 0 heterocycles. The molecule has 11 heteroatoms. The predicted molar refractivity (Wildman–Crippen MR) is 127 cm³/mol. The Morgan fingerprint density at radius 3 is 2.15 bits per heavy atom. The molecule has 34 heavy (non-hydrogen) atoms. The van der Waals surface area contributed by atoms with Crippen molar-refractivity contribution in [1.82, 2.24) is 5.43 Å². The Hall–Kier alpha value is -3.30. The predicted octanol–water partition coefficient (Wildman–Crippen LogP) is 4.83. The second-order valence-electron chi connectivity index (χ2n) is 7.92. The molecule has 0 aromatic heterocycles. The van der Waals surface area contributed by atoms with Gasteiger partial charge in [0.15, 0.2) is 5.78 Å². The van der Waals surface area contributed by atoms with Crippen LogP contribution < -0.4 is 15.2 Å². The van der Waals surface area contributed by atoms with Gasteiger partial charge in [-0.25, -0.2) is 20.0 Å². The molecule has 0 bridgehead atoms. The van der Waals surface area contributed by atoms with Crippen molar-refractivity contribution in [2.24, 2.45) is 0 Å². The van der Waals surface area contributed by atoms with Crippen LogP contribution in [0.25, 0.3) is 0 Å². The van der Waals surface area contributed by atoms with Gasteiger partial charge in [-0.3, -0.25) is 9.59 Å². The number of amides is 2. The molecule has 0 atom stereocenters. The first-order valence-electron chi connectivity index (χ1n) is 9.94. The highest BCUT2D eigenvalue weighted by atomic mass is 35.5. The van der Waals surface area contributed by atoms with E-state index in [2.05, 4.69) is 10.2 Å². The lowest BCUT2D eigenvalue weighted by Crippen LogP contribution is -2.49. The molecule has 1 N–H and O–H groups in total. The van der Waals surface area contributed by atoms with E-state index >= 15 is 0 Å². The molecule has 0 aliphatic carbocycles. The molecule has 0 spiro atoms. The fourth-order valence-electron chi connectivity index (χ4n) is 2.80. The van der Waals surface area contributed by atoms with Crippen molar-refractivity contribution in [1.29, 1.82) is 0 Å². The van der Waals surface area contributed by atoms with Crippen LogP contribution in [0, 0.1) is 0 Å². The van der Waals surface area contributed by atoms with E-state index in [1.807, 2.05) is 0 Å². The molecule has 0 fully saturated rings. The molecule has 0 aliphatic heterocycles. The number of benzene rings is 2. The van der Waals surface area contributed by atoms with E-state index in [9.17, 15) is 19.2 Å². The van der Waals surface area contributed by atoms with E-state index in [1.165, 1.54) is 44.6 Å². The number of rotatable bonds is 6. The molecule has 2 rings (SSSR count). The van der Waals surface area contributed by atoms with Crippen LogP contribution in [0.1, 0.15) is 47.9 Å². The third kappa shape index (κ3) is 6.85. The fourth-order valence-corrected chi connectivity index (χ4v) is 3.37. The number of nitrogens with zero attached hydrogens (tertiary/aromatic N) is 1.